The molecule has 8 nitrogen and oxygen atoms in total. The highest BCUT2D eigenvalue weighted by Gasteiger charge is 2.35. The molecular weight excluding hydrogens is 617 g/mol. The van der Waals surface area contributed by atoms with Crippen molar-refractivity contribution in [3.05, 3.63) is 126 Å². The fourth-order valence-corrected chi connectivity index (χ4v) is 6.50. The van der Waals surface area contributed by atoms with E-state index >= 15 is 0 Å². The van der Waals surface area contributed by atoms with E-state index in [2.05, 4.69) is 5.32 Å². The van der Waals surface area contributed by atoms with Crippen molar-refractivity contribution < 1.29 is 27.1 Å². The number of aryl methyl sites for hydroxylation is 1. The molecule has 0 saturated carbocycles. The van der Waals surface area contributed by atoms with Crippen LogP contribution in [0.4, 0.5) is 10.1 Å². The van der Waals surface area contributed by atoms with E-state index in [9.17, 15) is 22.4 Å². The lowest BCUT2D eigenvalue weighted by molar-refractivity contribution is -0.140. The fraction of sp³-hybridized carbons (Fsp3) is 0.297. The van der Waals surface area contributed by atoms with Gasteiger partial charge in [-0.05, 0) is 74.7 Å². The summed E-state index contributed by atoms with van der Waals surface area (Å²) in [7, 11) is -4.29. The van der Waals surface area contributed by atoms with Gasteiger partial charge in [-0.2, -0.15) is 0 Å². The first-order chi connectivity index (χ1) is 22.5. The monoisotopic (exact) mass is 659 g/mol. The third kappa shape index (κ3) is 9.19. The van der Waals surface area contributed by atoms with Gasteiger partial charge in [-0.1, -0.05) is 79.2 Å². The van der Waals surface area contributed by atoms with Crippen molar-refractivity contribution in [3.8, 4) is 5.75 Å². The van der Waals surface area contributed by atoms with Crippen LogP contribution in [-0.2, 0) is 32.6 Å². The molecule has 0 unspecified atom stereocenters. The van der Waals surface area contributed by atoms with Gasteiger partial charge < -0.3 is 15.0 Å². The van der Waals surface area contributed by atoms with Crippen molar-refractivity contribution in [1.82, 2.24) is 10.2 Å². The topological polar surface area (TPSA) is 96.0 Å². The number of halogens is 1. The molecule has 4 rings (SSSR count). The van der Waals surface area contributed by atoms with E-state index in [-0.39, 0.29) is 42.1 Å². The van der Waals surface area contributed by atoms with Crippen molar-refractivity contribution in [1.29, 1.82) is 0 Å². The average molecular weight is 660 g/mol. The summed E-state index contributed by atoms with van der Waals surface area (Å²) in [6.45, 7) is 7.06. The first-order valence-corrected chi connectivity index (χ1v) is 17.2. The predicted octanol–water partition coefficient (Wildman–Crippen LogP) is 6.28. The molecule has 4 aromatic rings. The van der Waals surface area contributed by atoms with E-state index in [0.29, 0.717) is 17.7 Å². The summed E-state index contributed by atoms with van der Waals surface area (Å²) in [4.78, 5) is 29.9. The minimum atomic E-state index is -4.29. The van der Waals surface area contributed by atoms with Crippen LogP contribution in [0.15, 0.2) is 108 Å². The summed E-state index contributed by atoms with van der Waals surface area (Å²) >= 11 is 0. The number of rotatable bonds is 15. The number of carbonyl (C=O) groups excluding carboxylic acids is 2. The first kappa shape index (κ1) is 35.2. The van der Waals surface area contributed by atoms with Crippen LogP contribution in [0.2, 0.25) is 0 Å². The van der Waals surface area contributed by atoms with Crippen LogP contribution in [-0.4, -0.2) is 50.4 Å². The number of hydrogen-bond donors (Lipinski definition) is 1. The number of ether oxygens (including phenoxy) is 1. The van der Waals surface area contributed by atoms with Crippen LogP contribution in [0.25, 0.3) is 0 Å². The van der Waals surface area contributed by atoms with Crippen LogP contribution in [0, 0.1) is 12.7 Å². The minimum Gasteiger partial charge on any atom is -0.492 e. The molecule has 47 heavy (non-hydrogen) atoms. The number of nitrogens with one attached hydrogen (secondary N) is 1. The Hall–Kier alpha value is -4.70. The zero-order valence-electron chi connectivity index (χ0n) is 27.2. The van der Waals surface area contributed by atoms with E-state index in [4.69, 9.17) is 4.74 Å². The summed E-state index contributed by atoms with van der Waals surface area (Å²) in [6.07, 6.45) is 0.850. The second-order valence-electron chi connectivity index (χ2n) is 11.4. The second kappa shape index (κ2) is 16.2. The summed E-state index contributed by atoms with van der Waals surface area (Å²) in [5.41, 5.74) is 2.47. The summed E-state index contributed by atoms with van der Waals surface area (Å²) < 4.78 is 49.4. The lowest BCUT2D eigenvalue weighted by Gasteiger charge is -2.34. The quantitative estimate of drug-likeness (QED) is 0.162. The molecule has 248 valence electrons. The molecule has 2 atom stereocenters. The number of carbonyl (C=O) groups is 2. The van der Waals surface area contributed by atoms with Gasteiger partial charge in [0.05, 0.1) is 17.2 Å². The van der Waals surface area contributed by atoms with Crippen molar-refractivity contribution in [3.63, 3.8) is 0 Å². The molecule has 0 aliphatic rings. The second-order valence-corrected chi connectivity index (χ2v) is 13.3. The van der Waals surface area contributed by atoms with Crippen LogP contribution < -0.4 is 14.4 Å². The van der Waals surface area contributed by atoms with Gasteiger partial charge in [-0.3, -0.25) is 13.9 Å². The zero-order chi connectivity index (χ0) is 34.0. The number of anilines is 1. The van der Waals surface area contributed by atoms with Gasteiger partial charge in [0.25, 0.3) is 10.0 Å². The Morgan fingerprint density at radius 2 is 1.49 bits per heavy atom. The maximum absolute atomic E-state index is 14.6. The van der Waals surface area contributed by atoms with Crippen molar-refractivity contribution in [2.24, 2.45) is 0 Å². The van der Waals surface area contributed by atoms with Crippen LogP contribution >= 0.6 is 0 Å². The third-order valence-electron chi connectivity index (χ3n) is 7.86. The highest BCUT2D eigenvalue weighted by Crippen LogP contribution is 2.33. The number of nitrogens with zero attached hydrogens (tertiary/aromatic N) is 2. The first-order valence-electron chi connectivity index (χ1n) is 15.7. The van der Waals surface area contributed by atoms with E-state index in [0.717, 1.165) is 15.4 Å². The Bertz CT molecular complexity index is 1730. The summed E-state index contributed by atoms with van der Waals surface area (Å²) in [5, 5.41) is 3.01. The lowest BCUT2D eigenvalue weighted by Crippen LogP contribution is -2.54. The number of sulfonamides is 1. The van der Waals surface area contributed by atoms with Crippen LogP contribution in [0.3, 0.4) is 0 Å². The zero-order valence-corrected chi connectivity index (χ0v) is 28.0. The van der Waals surface area contributed by atoms with E-state index in [1.807, 2.05) is 51.1 Å². The normalized spacial score (nSPS) is 12.5. The molecule has 4 aromatic carbocycles. The third-order valence-corrected chi connectivity index (χ3v) is 9.63. The molecule has 0 heterocycles. The van der Waals surface area contributed by atoms with Gasteiger partial charge in [0.15, 0.2) is 0 Å². The molecule has 0 bridgehead atoms. The fourth-order valence-electron chi connectivity index (χ4n) is 5.07. The van der Waals surface area contributed by atoms with Crippen molar-refractivity contribution >= 4 is 27.5 Å². The van der Waals surface area contributed by atoms with Gasteiger partial charge in [0.1, 0.15) is 24.2 Å². The highest BCUT2D eigenvalue weighted by atomic mass is 32.2. The maximum atomic E-state index is 14.6. The van der Waals surface area contributed by atoms with Gasteiger partial charge in [-0.25, -0.2) is 12.8 Å². The van der Waals surface area contributed by atoms with E-state index < -0.39 is 34.3 Å². The number of hydrogen-bond acceptors (Lipinski definition) is 5. The standard InChI is InChI=1S/C37H42FN3O5S/c1-5-28(4)39-37(43)34(24-29-12-8-7-9-13-29)40(25-30-18-20-31(38)21-19-30)36(42)26-41(33-14-10-11-15-35(33)46-6-2)47(44,45)32-22-16-27(3)17-23-32/h7-23,28,34H,5-6,24-26H2,1-4H3,(H,39,43)/t28-,34-/m1/s1. The Kier molecular flexibility index (Phi) is 12.1. The molecular formula is C37H42FN3O5S. The smallest absolute Gasteiger partial charge is 0.264 e. The summed E-state index contributed by atoms with van der Waals surface area (Å²) in [5.74, 6) is -1.14. The Balaban J connectivity index is 1.84. The molecule has 2 amide bonds. The van der Waals surface area contributed by atoms with Crippen LogP contribution in [0.5, 0.6) is 5.75 Å². The largest absolute Gasteiger partial charge is 0.492 e. The summed E-state index contributed by atoms with van der Waals surface area (Å²) in [6, 6.07) is 26.8. The number of benzene rings is 4. The molecule has 0 aromatic heterocycles. The SMILES string of the molecule is CCOc1ccccc1N(CC(=O)N(Cc1ccc(F)cc1)[C@H](Cc1ccccc1)C(=O)N[C@H](C)CC)S(=O)(=O)c1ccc(C)cc1. The molecule has 0 aliphatic carbocycles. The van der Waals surface area contributed by atoms with E-state index in [1.54, 1.807) is 55.5 Å². The van der Waals surface area contributed by atoms with Crippen LogP contribution in [0.1, 0.15) is 43.9 Å². The van der Waals surface area contributed by atoms with Gasteiger partial charge in [-0.15, -0.1) is 0 Å². The number of para-hydroxylation sites is 2. The van der Waals surface area contributed by atoms with Gasteiger partial charge in [0, 0.05) is 19.0 Å². The van der Waals surface area contributed by atoms with Crippen molar-refractivity contribution in [2.45, 2.75) is 64.1 Å². The molecule has 0 saturated heterocycles. The lowest BCUT2D eigenvalue weighted by atomic mass is 10.0. The number of amides is 2. The van der Waals surface area contributed by atoms with Gasteiger partial charge >= 0.3 is 0 Å². The van der Waals surface area contributed by atoms with Gasteiger partial charge in [0.2, 0.25) is 11.8 Å². The highest BCUT2D eigenvalue weighted by molar-refractivity contribution is 7.92. The molecule has 0 radical (unpaired) electrons. The molecule has 10 heteroatoms. The maximum Gasteiger partial charge on any atom is 0.264 e. The predicted molar refractivity (Wildman–Crippen MR) is 182 cm³/mol. The Morgan fingerprint density at radius 3 is 2.13 bits per heavy atom. The molecule has 0 aliphatic heterocycles. The van der Waals surface area contributed by atoms with E-state index in [1.165, 1.54) is 29.2 Å². The average Bonchev–Trinajstić information content (AvgIpc) is 3.07. The molecule has 1 N–H and O–H groups in total. The Labute approximate surface area is 277 Å². The Morgan fingerprint density at radius 1 is 0.851 bits per heavy atom. The van der Waals surface area contributed by atoms with Crippen molar-refractivity contribution in [2.75, 3.05) is 17.5 Å². The molecule has 0 spiro atoms. The minimum absolute atomic E-state index is 0.00244. The molecule has 0 fully saturated rings.